The third-order valence-corrected chi connectivity index (χ3v) is 3.46. The van der Waals surface area contributed by atoms with E-state index in [-0.39, 0.29) is 11.8 Å². The van der Waals surface area contributed by atoms with Gasteiger partial charge < -0.3 is 10.6 Å². The molecule has 0 saturated heterocycles. The van der Waals surface area contributed by atoms with Gasteiger partial charge in [0.05, 0.1) is 9.91 Å². The Morgan fingerprint density at radius 1 is 1.40 bits per heavy atom. The first-order valence-electron chi connectivity index (χ1n) is 5.56. The summed E-state index contributed by atoms with van der Waals surface area (Å²) < 4.78 is 0.651. The van der Waals surface area contributed by atoms with Gasteiger partial charge in [0.15, 0.2) is 5.82 Å². The van der Waals surface area contributed by atoms with Crippen molar-refractivity contribution in [2.45, 2.75) is 0 Å². The topological polar surface area (TPSA) is 91.7 Å². The zero-order valence-corrected chi connectivity index (χ0v) is 12.4. The lowest BCUT2D eigenvalue weighted by molar-refractivity contribution is 0.952. The summed E-state index contributed by atoms with van der Waals surface area (Å²) in [7, 11) is 3.57. The van der Waals surface area contributed by atoms with Crippen LogP contribution in [0.1, 0.15) is 10.7 Å². The molecule has 0 radical (unpaired) electrons. The fraction of sp³-hybridized carbons (Fsp3) is 0.167. The number of hydrogen-bond donors (Lipinski definition) is 1. The lowest BCUT2D eigenvalue weighted by atomic mass is 10.2. The van der Waals surface area contributed by atoms with Crippen molar-refractivity contribution in [3.63, 3.8) is 0 Å². The van der Waals surface area contributed by atoms with Crippen molar-refractivity contribution in [3.8, 4) is 6.07 Å². The number of nitrogens with two attached hydrogens (primary N) is 1. The predicted octanol–water partition coefficient (Wildman–Crippen LogP) is 2.30. The van der Waals surface area contributed by atoms with Crippen LogP contribution in [-0.4, -0.2) is 29.0 Å². The number of thiophene rings is 1. The number of allylic oxidation sites excluding steroid dienone is 1. The van der Waals surface area contributed by atoms with E-state index in [1.165, 1.54) is 11.3 Å². The second kappa shape index (κ2) is 5.86. The molecule has 0 spiro atoms. The monoisotopic (exact) mass is 306 g/mol. The third-order valence-electron chi connectivity index (χ3n) is 2.28. The minimum absolute atomic E-state index is 0.0732. The van der Waals surface area contributed by atoms with E-state index in [1.54, 1.807) is 31.1 Å². The van der Waals surface area contributed by atoms with Gasteiger partial charge in [-0.25, -0.2) is 0 Å². The predicted molar refractivity (Wildman–Crippen MR) is 81.4 cm³/mol. The largest absolute Gasteiger partial charge is 0.368 e. The Kier molecular flexibility index (Phi) is 4.17. The molecule has 102 valence electrons. The molecule has 0 unspecified atom stereocenters. The second-order valence-electron chi connectivity index (χ2n) is 4.02. The number of nitrogens with zero attached hydrogens (tertiary/aromatic N) is 5. The summed E-state index contributed by atoms with van der Waals surface area (Å²) in [5, 5.41) is 9.27. The molecule has 2 N–H and O–H groups in total. The molecule has 0 atom stereocenters. The number of aromatic nitrogens is 3. The average Bonchev–Trinajstić information content (AvgIpc) is 2.80. The zero-order chi connectivity index (χ0) is 14.7. The highest BCUT2D eigenvalue weighted by Crippen LogP contribution is 2.25. The van der Waals surface area contributed by atoms with Crippen molar-refractivity contribution in [2.75, 3.05) is 24.7 Å². The highest BCUT2D eigenvalue weighted by Gasteiger charge is 2.11. The highest BCUT2D eigenvalue weighted by molar-refractivity contribution is 7.17. The van der Waals surface area contributed by atoms with E-state index in [9.17, 15) is 5.26 Å². The molecule has 0 bridgehead atoms. The Morgan fingerprint density at radius 3 is 2.70 bits per heavy atom. The maximum absolute atomic E-state index is 9.27. The molecule has 2 rings (SSSR count). The molecule has 0 amide bonds. The summed E-state index contributed by atoms with van der Waals surface area (Å²) in [6.07, 6.45) is 1.67. The van der Waals surface area contributed by atoms with Crippen molar-refractivity contribution >= 4 is 46.5 Å². The maximum Gasteiger partial charge on any atom is 0.230 e. The van der Waals surface area contributed by atoms with Crippen LogP contribution in [-0.2, 0) is 0 Å². The van der Waals surface area contributed by atoms with E-state index in [2.05, 4.69) is 21.0 Å². The first-order valence-corrected chi connectivity index (χ1v) is 6.75. The molecule has 20 heavy (non-hydrogen) atoms. The number of anilines is 2. The number of nitriles is 1. The molecule has 8 heteroatoms. The number of halogens is 1. The Balaban J connectivity index is 2.47. The first kappa shape index (κ1) is 14.2. The molecule has 0 fully saturated rings. The number of hydrogen-bond acceptors (Lipinski definition) is 7. The molecular weight excluding hydrogens is 296 g/mol. The first-order chi connectivity index (χ1) is 9.49. The van der Waals surface area contributed by atoms with Gasteiger partial charge in [-0.05, 0) is 18.2 Å². The normalized spacial score (nSPS) is 11.2. The standard InChI is InChI=1S/C12H11ClN6S/c1-19(2)12-17-10(16-11(15)18-12)7(6-14)5-8-3-4-9(13)20-8/h3-5H,1-2H3,(H2,15,16,17,18)/b7-5-. The Morgan fingerprint density at radius 2 is 2.15 bits per heavy atom. The van der Waals surface area contributed by atoms with Gasteiger partial charge in [-0.15, -0.1) is 11.3 Å². The van der Waals surface area contributed by atoms with Gasteiger partial charge in [-0.1, -0.05) is 11.6 Å². The minimum atomic E-state index is 0.0732. The molecular formula is C12H11ClN6S. The van der Waals surface area contributed by atoms with Gasteiger partial charge in [0.1, 0.15) is 6.07 Å². The van der Waals surface area contributed by atoms with Crippen LogP contribution >= 0.6 is 22.9 Å². The fourth-order valence-electron chi connectivity index (χ4n) is 1.40. The SMILES string of the molecule is CN(C)c1nc(N)nc(/C(C#N)=C\c2ccc(Cl)s2)n1. The van der Waals surface area contributed by atoms with Crippen LogP contribution in [0.5, 0.6) is 0 Å². The summed E-state index contributed by atoms with van der Waals surface area (Å²) in [4.78, 5) is 14.7. The van der Waals surface area contributed by atoms with Gasteiger partial charge in [0.25, 0.3) is 0 Å². The lowest BCUT2D eigenvalue weighted by Gasteiger charge is -2.10. The van der Waals surface area contributed by atoms with Gasteiger partial charge in [-0.3, -0.25) is 0 Å². The summed E-state index contributed by atoms with van der Waals surface area (Å²) in [6, 6.07) is 5.65. The molecule has 2 heterocycles. The summed E-state index contributed by atoms with van der Waals surface area (Å²) >= 11 is 7.23. The van der Waals surface area contributed by atoms with Crippen LogP contribution in [0, 0.1) is 11.3 Å². The zero-order valence-electron chi connectivity index (χ0n) is 10.8. The van der Waals surface area contributed by atoms with Crippen LogP contribution in [0.2, 0.25) is 4.34 Å². The summed E-state index contributed by atoms with van der Waals surface area (Å²) in [5.74, 6) is 0.718. The lowest BCUT2D eigenvalue weighted by Crippen LogP contribution is -2.15. The van der Waals surface area contributed by atoms with Crippen molar-refractivity contribution in [1.29, 1.82) is 5.26 Å². The van der Waals surface area contributed by atoms with Crippen molar-refractivity contribution in [3.05, 3.63) is 27.2 Å². The molecule has 0 saturated carbocycles. The second-order valence-corrected chi connectivity index (χ2v) is 5.77. The molecule has 6 nitrogen and oxygen atoms in total. The maximum atomic E-state index is 9.27. The van der Waals surface area contributed by atoms with Gasteiger partial charge in [-0.2, -0.15) is 20.2 Å². The quantitative estimate of drug-likeness (QED) is 0.875. The smallest absolute Gasteiger partial charge is 0.230 e. The van der Waals surface area contributed by atoms with E-state index < -0.39 is 0 Å². The van der Waals surface area contributed by atoms with E-state index in [1.807, 2.05) is 6.07 Å². The average molecular weight is 307 g/mol. The van der Waals surface area contributed by atoms with Crippen molar-refractivity contribution < 1.29 is 0 Å². The molecule has 0 aliphatic rings. The number of nitrogen functional groups attached to an aromatic ring is 1. The summed E-state index contributed by atoms with van der Waals surface area (Å²) in [5.41, 5.74) is 5.95. The minimum Gasteiger partial charge on any atom is -0.368 e. The molecule has 2 aromatic rings. The van der Waals surface area contributed by atoms with Gasteiger partial charge >= 0.3 is 0 Å². The Labute approximate surface area is 125 Å². The molecule has 2 aromatic heterocycles. The van der Waals surface area contributed by atoms with Crippen LogP contribution < -0.4 is 10.6 Å². The van der Waals surface area contributed by atoms with Gasteiger partial charge in [0.2, 0.25) is 11.9 Å². The Bertz CT molecular complexity index is 700. The van der Waals surface area contributed by atoms with Crippen LogP contribution in [0.15, 0.2) is 12.1 Å². The van der Waals surface area contributed by atoms with Gasteiger partial charge in [0, 0.05) is 19.0 Å². The third kappa shape index (κ3) is 3.23. The van der Waals surface area contributed by atoms with E-state index in [0.29, 0.717) is 15.9 Å². The fourth-order valence-corrected chi connectivity index (χ4v) is 2.40. The van der Waals surface area contributed by atoms with Crippen molar-refractivity contribution in [2.24, 2.45) is 0 Å². The van der Waals surface area contributed by atoms with Crippen LogP contribution in [0.4, 0.5) is 11.9 Å². The van der Waals surface area contributed by atoms with E-state index >= 15 is 0 Å². The van der Waals surface area contributed by atoms with Crippen molar-refractivity contribution in [1.82, 2.24) is 15.0 Å². The van der Waals surface area contributed by atoms with Crippen LogP contribution in [0.25, 0.3) is 11.6 Å². The molecule has 0 aliphatic heterocycles. The summed E-state index contributed by atoms with van der Waals surface area (Å²) in [6.45, 7) is 0. The Hall–Kier alpha value is -2.17. The van der Waals surface area contributed by atoms with E-state index in [4.69, 9.17) is 17.3 Å². The molecule has 0 aromatic carbocycles. The van der Waals surface area contributed by atoms with E-state index in [0.717, 1.165) is 4.88 Å². The van der Waals surface area contributed by atoms with Crippen LogP contribution in [0.3, 0.4) is 0 Å². The molecule has 0 aliphatic carbocycles. The highest BCUT2D eigenvalue weighted by atomic mass is 35.5. The number of rotatable bonds is 3.